The molecule has 148 valence electrons. The van der Waals surface area contributed by atoms with Crippen molar-refractivity contribution < 1.29 is 14.4 Å². The molecule has 2 aromatic rings. The molecule has 4 atom stereocenters. The molecule has 5 nitrogen and oxygen atoms in total. The second-order valence-electron chi connectivity index (χ2n) is 8.65. The van der Waals surface area contributed by atoms with Crippen LogP contribution in [0.15, 0.2) is 42.5 Å². The quantitative estimate of drug-likeness (QED) is 0.806. The van der Waals surface area contributed by atoms with E-state index in [1.165, 1.54) is 4.90 Å². The highest BCUT2D eigenvalue weighted by atomic mass is 16.2. The summed E-state index contributed by atoms with van der Waals surface area (Å²) < 4.78 is 0. The summed E-state index contributed by atoms with van der Waals surface area (Å²) in [6.45, 7) is 3.97. The molecule has 2 aliphatic carbocycles. The lowest BCUT2D eigenvalue weighted by atomic mass is 9.81. The second-order valence-corrected chi connectivity index (χ2v) is 8.65. The summed E-state index contributed by atoms with van der Waals surface area (Å²) in [5.74, 6) is -0.0368. The zero-order valence-corrected chi connectivity index (χ0v) is 16.6. The van der Waals surface area contributed by atoms with Crippen LogP contribution in [-0.2, 0) is 9.59 Å². The molecule has 1 saturated heterocycles. The number of rotatable bonds is 3. The molecular weight excluding hydrogens is 364 g/mol. The molecule has 1 heterocycles. The number of imide groups is 1. The van der Waals surface area contributed by atoms with Crippen molar-refractivity contribution in [2.75, 3.05) is 10.2 Å². The number of carbonyl (C=O) groups is 3. The first kappa shape index (κ1) is 18.1. The third kappa shape index (κ3) is 2.71. The van der Waals surface area contributed by atoms with Crippen LogP contribution in [0.5, 0.6) is 0 Å². The van der Waals surface area contributed by atoms with Crippen LogP contribution >= 0.6 is 0 Å². The van der Waals surface area contributed by atoms with Crippen LogP contribution in [0.4, 0.5) is 11.4 Å². The van der Waals surface area contributed by atoms with E-state index in [0.717, 1.165) is 36.1 Å². The van der Waals surface area contributed by atoms with E-state index in [9.17, 15) is 14.4 Å². The number of fused-ring (bicyclic) bond motifs is 5. The highest BCUT2D eigenvalue weighted by Gasteiger charge is 2.61. The van der Waals surface area contributed by atoms with Crippen LogP contribution < -0.4 is 10.2 Å². The maximum Gasteiger partial charge on any atom is 0.255 e. The van der Waals surface area contributed by atoms with Crippen LogP contribution in [-0.4, -0.2) is 17.7 Å². The molecule has 0 aromatic heterocycles. The van der Waals surface area contributed by atoms with Crippen LogP contribution in [0.25, 0.3) is 0 Å². The Kier molecular flexibility index (Phi) is 4.09. The number of aryl methyl sites for hydroxylation is 1. The third-order valence-electron chi connectivity index (χ3n) is 7.15. The number of hydrogen-bond acceptors (Lipinski definition) is 3. The summed E-state index contributed by atoms with van der Waals surface area (Å²) in [4.78, 5) is 40.2. The lowest BCUT2D eigenvalue weighted by Gasteiger charge is -2.19. The van der Waals surface area contributed by atoms with E-state index < -0.39 is 0 Å². The van der Waals surface area contributed by atoms with Gasteiger partial charge in [-0.05, 0) is 80.3 Å². The van der Waals surface area contributed by atoms with Crippen molar-refractivity contribution in [1.82, 2.24) is 0 Å². The van der Waals surface area contributed by atoms with Gasteiger partial charge in [-0.3, -0.25) is 19.3 Å². The SMILES string of the molecule is Cc1cccc(NC(=O)c2cccc(N3C(=O)[C@@H]4[C@@H]5CC[C@@H](C5)[C@@H]4C3=O)c2)c1C. The van der Waals surface area contributed by atoms with Gasteiger partial charge < -0.3 is 5.32 Å². The molecule has 0 spiro atoms. The van der Waals surface area contributed by atoms with Gasteiger partial charge in [0.15, 0.2) is 0 Å². The molecule has 5 heteroatoms. The predicted octanol–water partition coefficient (Wildman–Crippen LogP) is 4.09. The molecule has 1 N–H and O–H groups in total. The number of anilines is 2. The first-order valence-electron chi connectivity index (χ1n) is 10.3. The Labute approximate surface area is 170 Å². The molecule has 2 aromatic carbocycles. The molecule has 2 saturated carbocycles. The van der Waals surface area contributed by atoms with Crippen LogP contribution in [0.1, 0.15) is 40.7 Å². The largest absolute Gasteiger partial charge is 0.322 e. The fourth-order valence-electron chi connectivity index (χ4n) is 5.53. The molecule has 29 heavy (non-hydrogen) atoms. The summed E-state index contributed by atoms with van der Waals surface area (Å²) >= 11 is 0. The highest BCUT2D eigenvalue weighted by Crippen LogP contribution is 2.56. The predicted molar refractivity (Wildman–Crippen MR) is 111 cm³/mol. The minimum absolute atomic E-state index is 0.0840. The smallest absolute Gasteiger partial charge is 0.255 e. The van der Waals surface area contributed by atoms with Crippen LogP contribution in [0.3, 0.4) is 0 Å². The van der Waals surface area contributed by atoms with Crippen molar-refractivity contribution in [3.63, 3.8) is 0 Å². The van der Waals surface area contributed by atoms with Crippen molar-refractivity contribution >= 4 is 29.1 Å². The maximum atomic E-state index is 13.0. The van der Waals surface area contributed by atoms with Gasteiger partial charge in [-0.25, -0.2) is 0 Å². The van der Waals surface area contributed by atoms with E-state index >= 15 is 0 Å². The van der Waals surface area contributed by atoms with Crippen molar-refractivity contribution in [3.8, 4) is 0 Å². The monoisotopic (exact) mass is 388 g/mol. The van der Waals surface area contributed by atoms with Gasteiger partial charge in [0.2, 0.25) is 11.8 Å². The lowest BCUT2D eigenvalue weighted by Crippen LogP contribution is -2.33. The number of carbonyl (C=O) groups excluding carboxylic acids is 3. The lowest BCUT2D eigenvalue weighted by molar-refractivity contribution is -0.123. The fourth-order valence-corrected chi connectivity index (χ4v) is 5.53. The van der Waals surface area contributed by atoms with Gasteiger partial charge in [0, 0.05) is 11.3 Å². The molecule has 3 amide bonds. The zero-order valence-electron chi connectivity index (χ0n) is 16.6. The maximum absolute atomic E-state index is 13.0. The van der Waals surface area contributed by atoms with E-state index in [1.54, 1.807) is 24.3 Å². The fraction of sp³-hybridized carbons (Fsp3) is 0.375. The van der Waals surface area contributed by atoms with Crippen molar-refractivity contribution in [3.05, 3.63) is 59.2 Å². The summed E-state index contributed by atoms with van der Waals surface area (Å²) in [5, 5.41) is 2.94. The average Bonchev–Trinajstić information content (AvgIpc) is 3.39. The van der Waals surface area contributed by atoms with Crippen LogP contribution in [0, 0.1) is 37.5 Å². The Balaban J connectivity index is 1.42. The van der Waals surface area contributed by atoms with Gasteiger partial charge in [0.1, 0.15) is 0 Å². The minimum atomic E-state index is -0.250. The number of hydrogen-bond donors (Lipinski definition) is 1. The normalized spacial score (nSPS) is 27.4. The minimum Gasteiger partial charge on any atom is -0.322 e. The number of nitrogens with one attached hydrogen (secondary N) is 1. The molecule has 2 bridgehead atoms. The third-order valence-corrected chi connectivity index (χ3v) is 7.15. The van der Waals surface area contributed by atoms with Crippen molar-refractivity contribution in [2.45, 2.75) is 33.1 Å². The summed E-state index contributed by atoms with van der Waals surface area (Å²) in [5.41, 5.74) is 3.82. The van der Waals surface area contributed by atoms with E-state index in [-0.39, 0.29) is 29.6 Å². The molecule has 1 aliphatic heterocycles. The van der Waals surface area contributed by atoms with E-state index in [2.05, 4.69) is 5.32 Å². The van der Waals surface area contributed by atoms with E-state index in [0.29, 0.717) is 23.1 Å². The van der Waals surface area contributed by atoms with Gasteiger partial charge in [0.25, 0.3) is 5.91 Å². The first-order chi connectivity index (χ1) is 14.0. The van der Waals surface area contributed by atoms with E-state index in [1.807, 2.05) is 32.0 Å². The zero-order chi connectivity index (χ0) is 20.3. The number of benzene rings is 2. The first-order valence-corrected chi connectivity index (χ1v) is 10.3. The Morgan fingerprint density at radius 1 is 0.966 bits per heavy atom. The van der Waals surface area contributed by atoms with Gasteiger partial charge >= 0.3 is 0 Å². The van der Waals surface area contributed by atoms with Gasteiger partial charge in [-0.1, -0.05) is 18.2 Å². The summed E-state index contributed by atoms with van der Waals surface area (Å²) in [7, 11) is 0. The van der Waals surface area contributed by atoms with Crippen molar-refractivity contribution in [2.24, 2.45) is 23.7 Å². The average molecular weight is 388 g/mol. The molecule has 0 unspecified atom stereocenters. The highest BCUT2D eigenvalue weighted by molar-refractivity contribution is 6.23. The Morgan fingerprint density at radius 2 is 1.62 bits per heavy atom. The summed E-state index contributed by atoms with van der Waals surface area (Å²) in [6, 6.07) is 12.6. The van der Waals surface area contributed by atoms with Gasteiger partial charge in [0.05, 0.1) is 17.5 Å². The Morgan fingerprint density at radius 3 is 2.31 bits per heavy atom. The standard InChI is InChI=1S/C24H24N2O3/c1-13-5-3-8-19(14(13)2)25-22(27)17-6-4-7-18(12-17)26-23(28)20-15-9-10-16(11-15)21(20)24(26)29/h3-8,12,15-16,20-21H,9-11H2,1-2H3,(H,25,27)/t15-,16+,20-,21+. The molecular formula is C24H24N2O3. The summed E-state index contributed by atoms with van der Waals surface area (Å²) in [6.07, 6.45) is 3.12. The Bertz CT molecular complexity index is 1020. The molecule has 3 fully saturated rings. The second kappa shape index (κ2) is 6.55. The molecule has 0 radical (unpaired) electrons. The van der Waals surface area contributed by atoms with Gasteiger partial charge in [-0.15, -0.1) is 0 Å². The van der Waals surface area contributed by atoms with Crippen molar-refractivity contribution in [1.29, 1.82) is 0 Å². The van der Waals surface area contributed by atoms with Crippen LogP contribution in [0.2, 0.25) is 0 Å². The van der Waals surface area contributed by atoms with Gasteiger partial charge in [-0.2, -0.15) is 0 Å². The Hall–Kier alpha value is -2.95. The molecule has 5 rings (SSSR count). The molecule has 3 aliphatic rings. The van der Waals surface area contributed by atoms with E-state index in [4.69, 9.17) is 0 Å². The topological polar surface area (TPSA) is 66.5 Å². The number of amides is 3. The number of nitrogens with zero attached hydrogens (tertiary/aromatic N) is 1.